The van der Waals surface area contributed by atoms with Gasteiger partial charge in [-0.3, -0.25) is 19.4 Å². The number of piperazine rings is 1. The van der Waals surface area contributed by atoms with E-state index in [2.05, 4.69) is 29.0 Å². The molecule has 0 aliphatic carbocycles. The molecule has 3 rings (SSSR count). The molecule has 0 saturated carbocycles. The van der Waals surface area contributed by atoms with Crippen LogP contribution in [0.3, 0.4) is 0 Å². The van der Waals surface area contributed by atoms with Crippen molar-refractivity contribution in [1.82, 2.24) is 20.0 Å². The van der Waals surface area contributed by atoms with E-state index < -0.39 is 0 Å². The van der Waals surface area contributed by atoms with Crippen LogP contribution in [-0.2, 0) is 9.53 Å². The van der Waals surface area contributed by atoms with E-state index in [1.54, 1.807) is 17.0 Å². The summed E-state index contributed by atoms with van der Waals surface area (Å²) in [6.07, 6.45) is 1.56. The monoisotopic (exact) mass is 392 g/mol. The Balaban J connectivity index is 1.34. The highest BCUT2D eigenvalue weighted by atomic mass is 16.5. The van der Waals surface area contributed by atoms with E-state index in [1.807, 2.05) is 0 Å². The largest absolute Gasteiger partial charge is 0.459 e. The Labute approximate surface area is 166 Å². The van der Waals surface area contributed by atoms with Crippen LogP contribution in [0.1, 0.15) is 24.4 Å². The Morgan fingerprint density at radius 2 is 1.96 bits per heavy atom. The number of rotatable bonds is 7. The molecule has 2 aliphatic rings. The molecule has 0 spiro atoms. The minimum atomic E-state index is -0.0884. The second kappa shape index (κ2) is 10.0. The molecule has 0 radical (unpaired) electrons. The second-order valence-corrected chi connectivity index (χ2v) is 8.00. The minimum Gasteiger partial charge on any atom is -0.459 e. The van der Waals surface area contributed by atoms with Crippen LogP contribution >= 0.6 is 0 Å². The molecule has 2 saturated heterocycles. The van der Waals surface area contributed by atoms with E-state index in [-0.39, 0.29) is 17.9 Å². The van der Waals surface area contributed by atoms with Gasteiger partial charge in [-0.05, 0) is 18.1 Å². The summed E-state index contributed by atoms with van der Waals surface area (Å²) in [5.41, 5.74) is 0. The fourth-order valence-corrected chi connectivity index (χ4v) is 3.74. The number of carbonyl (C=O) groups is 2. The minimum absolute atomic E-state index is 0.00962. The summed E-state index contributed by atoms with van der Waals surface area (Å²) in [5.74, 6) is 0.918. The van der Waals surface area contributed by atoms with Crippen molar-refractivity contribution in [3.05, 3.63) is 24.2 Å². The van der Waals surface area contributed by atoms with E-state index in [0.29, 0.717) is 50.9 Å². The SMILES string of the molecule is CC(C)CN1CCOC(CNC(=O)CN2CCN(C(=O)c3ccco3)CC2)C1. The summed E-state index contributed by atoms with van der Waals surface area (Å²) < 4.78 is 11.0. The Hall–Kier alpha value is -1.90. The number of nitrogens with one attached hydrogen (secondary N) is 1. The lowest BCUT2D eigenvalue weighted by molar-refractivity contribution is -0.123. The van der Waals surface area contributed by atoms with Crippen molar-refractivity contribution < 1.29 is 18.7 Å². The van der Waals surface area contributed by atoms with Crippen molar-refractivity contribution in [3.8, 4) is 0 Å². The molecule has 0 bridgehead atoms. The summed E-state index contributed by atoms with van der Waals surface area (Å²) in [6, 6.07) is 3.39. The number of amides is 2. The van der Waals surface area contributed by atoms with E-state index in [0.717, 1.165) is 26.2 Å². The molecule has 2 amide bonds. The summed E-state index contributed by atoms with van der Waals surface area (Å²) in [7, 11) is 0. The molecule has 2 fully saturated rings. The zero-order chi connectivity index (χ0) is 19.9. The molecule has 1 N–H and O–H groups in total. The van der Waals surface area contributed by atoms with Gasteiger partial charge in [0.15, 0.2) is 5.76 Å². The Bertz CT molecular complexity index is 626. The average Bonchev–Trinajstić information content (AvgIpc) is 3.21. The maximum absolute atomic E-state index is 12.3. The number of hydrogen-bond acceptors (Lipinski definition) is 6. The zero-order valence-electron chi connectivity index (χ0n) is 16.9. The first-order valence-electron chi connectivity index (χ1n) is 10.2. The van der Waals surface area contributed by atoms with Crippen LogP contribution in [0.5, 0.6) is 0 Å². The molecule has 1 atom stereocenters. The van der Waals surface area contributed by atoms with Crippen molar-refractivity contribution in [2.75, 3.05) is 65.5 Å². The number of nitrogens with zero attached hydrogens (tertiary/aromatic N) is 3. The molecular weight excluding hydrogens is 360 g/mol. The topological polar surface area (TPSA) is 78.3 Å². The van der Waals surface area contributed by atoms with E-state index in [4.69, 9.17) is 9.15 Å². The molecular formula is C20H32N4O4. The fourth-order valence-electron chi connectivity index (χ4n) is 3.74. The molecule has 1 aromatic heterocycles. The van der Waals surface area contributed by atoms with Gasteiger partial charge >= 0.3 is 0 Å². The van der Waals surface area contributed by atoms with Crippen LogP contribution in [0, 0.1) is 5.92 Å². The number of furan rings is 1. The first-order valence-corrected chi connectivity index (χ1v) is 10.2. The van der Waals surface area contributed by atoms with Crippen LogP contribution in [-0.4, -0.2) is 98.1 Å². The molecule has 1 aromatic rings. The highest BCUT2D eigenvalue weighted by molar-refractivity contribution is 5.91. The van der Waals surface area contributed by atoms with Crippen molar-refractivity contribution in [1.29, 1.82) is 0 Å². The Kier molecular flexibility index (Phi) is 7.47. The summed E-state index contributed by atoms with van der Waals surface area (Å²) in [6.45, 7) is 11.5. The van der Waals surface area contributed by atoms with Gasteiger partial charge in [0.2, 0.25) is 5.91 Å². The first-order chi connectivity index (χ1) is 13.5. The normalized spacial score (nSPS) is 21.8. The maximum atomic E-state index is 12.3. The highest BCUT2D eigenvalue weighted by Crippen LogP contribution is 2.10. The van der Waals surface area contributed by atoms with Crippen molar-refractivity contribution >= 4 is 11.8 Å². The van der Waals surface area contributed by atoms with Crippen LogP contribution in [0.25, 0.3) is 0 Å². The predicted octanol–water partition coefficient (Wildman–Crippen LogP) is 0.510. The predicted molar refractivity (Wildman–Crippen MR) is 105 cm³/mol. The quantitative estimate of drug-likeness (QED) is 0.729. The van der Waals surface area contributed by atoms with Crippen LogP contribution in [0.15, 0.2) is 22.8 Å². The van der Waals surface area contributed by atoms with Crippen LogP contribution in [0.2, 0.25) is 0 Å². The van der Waals surface area contributed by atoms with Gasteiger partial charge in [0.25, 0.3) is 5.91 Å². The smallest absolute Gasteiger partial charge is 0.289 e. The number of ether oxygens (including phenoxy) is 1. The lowest BCUT2D eigenvalue weighted by atomic mass is 10.2. The van der Waals surface area contributed by atoms with Gasteiger partial charge in [-0.1, -0.05) is 13.8 Å². The van der Waals surface area contributed by atoms with E-state index in [1.165, 1.54) is 6.26 Å². The Morgan fingerprint density at radius 1 is 1.18 bits per heavy atom. The van der Waals surface area contributed by atoms with Crippen molar-refractivity contribution in [2.24, 2.45) is 5.92 Å². The fraction of sp³-hybridized carbons (Fsp3) is 0.700. The highest BCUT2D eigenvalue weighted by Gasteiger charge is 2.25. The lowest BCUT2D eigenvalue weighted by Crippen LogP contribution is -2.52. The first kappa shape index (κ1) is 20.8. The average molecular weight is 393 g/mol. The van der Waals surface area contributed by atoms with Crippen molar-refractivity contribution in [3.63, 3.8) is 0 Å². The molecule has 0 aromatic carbocycles. The summed E-state index contributed by atoms with van der Waals surface area (Å²) >= 11 is 0. The number of morpholine rings is 1. The third kappa shape index (κ3) is 6.05. The van der Waals surface area contributed by atoms with Gasteiger partial charge in [0.05, 0.1) is 25.5 Å². The van der Waals surface area contributed by atoms with E-state index in [9.17, 15) is 9.59 Å². The zero-order valence-corrected chi connectivity index (χ0v) is 16.9. The van der Waals surface area contributed by atoms with Crippen LogP contribution < -0.4 is 5.32 Å². The lowest BCUT2D eigenvalue weighted by Gasteiger charge is -2.35. The molecule has 156 valence electrons. The molecule has 8 nitrogen and oxygen atoms in total. The van der Waals surface area contributed by atoms with Gasteiger partial charge in [0.1, 0.15) is 0 Å². The third-order valence-corrected chi connectivity index (χ3v) is 5.13. The number of hydrogen-bond donors (Lipinski definition) is 1. The summed E-state index contributed by atoms with van der Waals surface area (Å²) in [5, 5.41) is 3.00. The molecule has 1 unspecified atom stereocenters. The summed E-state index contributed by atoms with van der Waals surface area (Å²) in [4.78, 5) is 30.8. The maximum Gasteiger partial charge on any atom is 0.289 e. The van der Waals surface area contributed by atoms with Crippen LogP contribution in [0.4, 0.5) is 0 Å². The van der Waals surface area contributed by atoms with Gasteiger partial charge in [-0.25, -0.2) is 0 Å². The molecule has 8 heteroatoms. The molecule has 2 aliphatic heterocycles. The van der Waals surface area contributed by atoms with Gasteiger partial charge in [-0.2, -0.15) is 0 Å². The van der Waals surface area contributed by atoms with E-state index >= 15 is 0 Å². The molecule has 28 heavy (non-hydrogen) atoms. The van der Waals surface area contributed by atoms with Gasteiger partial charge in [-0.15, -0.1) is 0 Å². The van der Waals surface area contributed by atoms with Gasteiger partial charge in [0, 0.05) is 52.4 Å². The second-order valence-electron chi connectivity index (χ2n) is 8.00. The third-order valence-electron chi connectivity index (χ3n) is 5.13. The van der Waals surface area contributed by atoms with Crippen molar-refractivity contribution in [2.45, 2.75) is 20.0 Å². The number of carbonyl (C=O) groups excluding carboxylic acids is 2. The molecule has 3 heterocycles. The Morgan fingerprint density at radius 3 is 2.64 bits per heavy atom. The van der Waals surface area contributed by atoms with Gasteiger partial charge < -0.3 is 19.4 Å². The standard InChI is InChI=1S/C20H32N4O4/c1-16(2)13-23-9-11-27-17(14-23)12-21-19(25)15-22-5-7-24(8-6-22)20(26)18-4-3-10-28-18/h3-4,10,16-17H,5-9,11-15H2,1-2H3,(H,21,25).